The maximum Gasteiger partial charge on any atom is 0.295 e. The van der Waals surface area contributed by atoms with Gasteiger partial charge < -0.3 is 19.6 Å². The number of nitrogens with zero attached hydrogens (tertiary/aromatic N) is 2. The second-order valence-corrected chi connectivity index (χ2v) is 7.95. The Morgan fingerprint density at radius 2 is 1.82 bits per heavy atom. The molecular weight excluding hydrogens is 423 g/mol. The molecular formula is C26H31FN2O4. The van der Waals surface area contributed by atoms with Crippen molar-refractivity contribution in [1.82, 2.24) is 9.80 Å². The Bertz CT molecular complexity index is 1060. The van der Waals surface area contributed by atoms with Crippen molar-refractivity contribution in [3.63, 3.8) is 0 Å². The van der Waals surface area contributed by atoms with E-state index in [0.29, 0.717) is 30.0 Å². The number of carbonyl (C=O) groups excluding carboxylic acids is 2. The number of ketones is 1. The van der Waals surface area contributed by atoms with Gasteiger partial charge in [0, 0.05) is 24.2 Å². The third kappa shape index (κ3) is 4.93. The van der Waals surface area contributed by atoms with Crippen LogP contribution in [0.4, 0.5) is 4.39 Å². The van der Waals surface area contributed by atoms with Gasteiger partial charge in [0.2, 0.25) is 0 Å². The highest BCUT2D eigenvalue weighted by atomic mass is 19.1. The number of benzene rings is 2. The van der Waals surface area contributed by atoms with Crippen molar-refractivity contribution < 1.29 is 23.8 Å². The molecule has 6 nitrogen and oxygen atoms in total. The maximum atomic E-state index is 14.9. The van der Waals surface area contributed by atoms with Crippen molar-refractivity contribution in [2.45, 2.75) is 33.7 Å². The molecule has 2 aromatic carbocycles. The number of aliphatic hydroxyl groups excluding tert-OH is 1. The zero-order valence-electron chi connectivity index (χ0n) is 19.6. The monoisotopic (exact) mass is 454 g/mol. The molecule has 1 heterocycles. The van der Waals surface area contributed by atoms with Gasteiger partial charge in [0.05, 0.1) is 18.2 Å². The zero-order valence-corrected chi connectivity index (χ0v) is 19.6. The Morgan fingerprint density at radius 3 is 2.42 bits per heavy atom. The highest BCUT2D eigenvalue weighted by Gasteiger charge is 2.46. The number of aliphatic hydroxyl groups is 1. The Kier molecular flexibility index (Phi) is 7.87. The van der Waals surface area contributed by atoms with Gasteiger partial charge in [-0.2, -0.15) is 0 Å². The van der Waals surface area contributed by atoms with Crippen molar-refractivity contribution in [3.8, 4) is 5.75 Å². The van der Waals surface area contributed by atoms with E-state index >= 15 is 0 Å². The fourth-order valence-corrected chi connectivity index (χ4v) is 4.22. The van der Waals surface area contributed by atoms with E-state index in [2.05, 4.69) is 4.90 Å². The molecule has 1 saturated heterocycles. The first-order valence-corrected chi connectivity index (χ1v) is 11.3. The quantitative estimate of drug-likeness (QED) is 0.348. The summed E-state index contributed by atoms with van der Waals surface area (Å²) in [6.07, 6.45) is 0. The van der Waals surface area contributed by atoms with Crippen molar-refractivity contribution in [2.75, 3.05) is 32.8 Å². The molecule has 176 valence electrons. The summed E-state index contributed by atoms with van der Waals surface area (Å²) in [6.45, 7) is 10.5. The van der Waals surface area contributed by atoms with Gasteiger partial charge in [0.1, 0.15) is 17.3 Å². The first kappa shape index (κ1) is 24.5. The van der Waals surface area contributed by atoms with E-state index in [4.69, 9.17) is 4.74 Å². The fraction of sp³-hybridized carbons (Fsp3) is 0.385. The molecule has 0 saturated carbocycles. The molecule has 7 heteroatoms. The molecule has 1 aliphatic rings. The summed E-state index contributed by atoms with van der Waals surface area (Å²) >= 11 is 0. The lowest BCUT2D eigenvalue weighted by Gasteiger charge is -2.28. The molecule has 1 amide bonds. The number of aryl methyl sites for hydroxylation is 1. The molecule has 2 aromatic rings. The lowest BCUT2D eigenvalue weighted by Crippen LogP contribution is -2.38. The Labute approximate surface area is 194 Å². The number of amides is 1. The van der Waals surface area contributed by atoms with Gasteiger partial charge >= 0.3 is 0 Å². The summed E-state index contributed by atoms with van der Waals surface area (Å²) in [4.78, 5) is 29.6. The fourth-order valence-electron chi connectivity index (χ4n) is 4.22. The number of ether oxygens (including phenoxy) is 1. The van der Waals surface area contributed by atoms with Crippen LogP contribution in [0.5, 0.6) is 5.75 Å². The summed E-state index contributed by atoms with van der Waals surface area (Å²) in [5, 5.41) is 11.2. The Morgan fingerprint density at radius 1 is 1.12 bits per heavy atom. The first-order valence-electron chi connectivity index (χ1n) is 11.3. The molecule has 1 N–H and O–H groups in total. The second kappa shape index (κ2) is 10.6. The predicted octanol–water partition coefficient (Wildman–Crippen LogP) is 4.30. The minimum Gasteiger partial charge on any atom is -0.507 e. The standard InChI is InChI=1S/C26H31FN2O4/c1-5-28(6-2)14-15-29-23(20-10-8-9-11-21(20)27)22(25(31)26(29)32)24(30)19-13-12-18(33-7-3)16-17(19)4/h8-13,16,23,30H,5-7,14-15H2,1-4H3/b24-22+. The van der Waals surface area contributed by atoms with Crippen LogP contribution in [0.2, 0.25) is 0 Å². The highest BCUT2D eigenvalue weighted by molar-refractivity contribution is 6.46. The van der Waals surface area contributed by atoms with Crippen LogP contribution in [-0.4, -0.2) is 59.4 Å². The normalized spacial score (nSPS) is 17.8. The molecule has 0 aliphatic carbocycles. The lowest BCUT2D eigenvalue weighted by atomic mass is 9.93. The smallest absolute Gasteiger partial charge is 0.295 e. The van der Waals surface area contributed by atoms with E-state index < -0.39 is 23.5 Å². The molecule has 0 spiro atoms. The molecule has 0 radical (unpaired) electrons. The number of likely N-dealkylation sites (N-methyl/N-ethyl adjacent to an activating group) is 1. The topological polar surface area (TPSA) is 70.1 Å². The number of hydrogen-bond acceptors (Lipinski definition) is 5. The number of halogens is 1. The summed E-state index contributed by atoms with van der Waals surface area (Å²) < 4.78 is 20.4. The minimum absolute atomic E-state index is 0.100. The average molecular weight is 455 g/mol. The zero-order chi connectivity index (χ0) is 24.1. The van der Waals surface area contributed by atoms with Crippen LogP contribution in [0.3, 0.4) is 0 Å². The van der Waals surface area contributed by atoms with Crippen molar-refractivity contribution in [2.24, 2.45) is 0 Å². The predicted molar refractivity (Wildman–Crippen MR) is 126 cm³/mol. The number of carbonyl (C=O) groups is 2. The van der Waals surface area contributed by atoms with E-state index in [1.54, 1.807) is 43.3 Å². The summed E-state index contributed by atoms with van der Waals surface area (Å²) in [7, 11) is 0. The third-order valence-corrected chi connectivity index (χ3v) is 6.06. The van der Waals surface area contributed by atoms with Gasteiger partial charge in [-0.3, -0.25) is 9.59 Å². The maximum absolute atomic E-state index is 14.9. The molecule has 1 atom stereocenters. The van der Waals surface area contributed by atoms with Crippen molar-refractivity contribution >= 4 is 17.4 Å². The summed E-state index contributed by atoms with van der Waals surface area (Å²) in [5.41, 5.74) is 1.17. The van der Waals surface area contributed by atoms with Gasteiger partial charge in [-0.1, -0.05) is 32.0 Å². The van der Waals surface area contributed by atoms with Gasteiger partial charge in [-0.25, -0.2) is 4.39 Å². The SMILES string of the molecule is CCOc1ccc(/C(O)=C2\C(=O)C(=O)N(CCN(CC)CC)C2c2ccccc2F)c(C)c1. The molecule has 1 fully saturated rings. The largest absolute Gasteiger partial charge is 0.507 e. The van der Waals surface area contributed by atoms with Crippen LogP contribution in [-0.2, 0) is 9.59 Å². The van der Waals surface area contributed by atoms with E-state index in [0.717, 1.165) is 13.1 Å². The van der Waals surface area contributed by atoms with Crippen LogP contribution >= 0.6 is 0 Å². The van der Waals surface area contributed by atoms with E-state index in [1.807, 2.05) is 20.8 Å². The van der Waals surface area contributed by atoms with Crippen LogP contribution in [0.25, 0.3) is 5.76 Å². The second-order valence-electron chi connectivity index (χ2n) is 7.95. The third-order valence-electron chi connectivity index (χ3n) is 6.06. The van der Waals surface area contributed by atoms with Crippen molar-refractivity contribution in [1.29, 1.82) is 0 Å². The van der Waals surface area contributed by atoms with Crippen LogP contribution in [0.1, 0.15) is 43.5 Å². The number of Topliss-reactive ketones (excluding diaryl/α,β-unsaturated/α-hetero) is 1. The van der Waals surface area contributed by atoms with Gasteiger partial charge in [0.15, 0.2) is 0 Å². The molecule has 1 unspecified atom stereocenters. The number of rotatable bonds is 9. The number of hydrogen-bond donors (Lipinski definition) is 1. The molecule has 1 aliphatic heterocycles. The van der Waals surface area contributed by atoms with Crippen LogP contribution in [0.15, 0.2) is 48.0 Å². The van der Waals surface area contributed by atoms with Crippen molar-refractivity contribution in [3.05, 3.63) is 70.5 Å². The van der Waals surface area contributed by atoms with Gasteiger partial charge in [-0.05, 0) is 56.8 Å². The van der Waals surface area contributed by atoms with E-state index in [-0.39, 0.29) is 23.4 Å². The molecule has 3 rings (SSSR count). The molecule has 33 heavy (non-hydrogen) atoms. The van der Waals surface area contributed by atoms with Gasteiger partial charge in [-0.15, -0.1) is 0 Å². The Balaban J connectivity index is 2.13. The highest BCUT2D eigenvalue weighted by Crippen LogP contribution is 2.40. The molecule has 0 bridgehead atoms. The van der Waals surface area contributed by atoms with E-state index in [9.17, 15) is 19.1 Å². The van der Waals surface area contributed by atoms with E-state index in [1.165, 1.54) is 11.0 Å². The number of likely N-dealkylation sites (tertiary alicyclic amines) is 1. The lowest BCUT2D eigenvalue weighted by molar-refractivity contribution is -0.140. The summed E-state index contributed by atoms with van der Waals surface area (Å²) in [6, 6.07) is 10.1. The first-order chi connectivity index (χ1) is 15.8. The molecule has 0 aromatic heterocycles. The van der Waals surface area contributed by atoms with Gasteiger partial charge in [0.25, 0.3) is 11.7 Å². The minimum atomic E-state index is -1.01. The average Bonchev–Trinajstić information content (AvgIpc) is 3.05. The van der Waals surface area contributed by atoms with Crippen LogP contribution in [0, 0.1) is 12.7 Å². The van der Waals surface area contributed by atoms with Crippen LogP contribution < -0.4 is 4.74 Å². The summed E-state index contributed by atoms with van der Waals surface area (Å²) in [5.74, 6) is -1.76. The Hall–Kier alpha value is -3.19.